The Morgan fingerprint density at radius 1 is 1.45 bits per heavy atom. The van der Waals surface area contributed by atoms with Gasteiger partial charge in [0, 0.05) is 25.2 Å². The molecule has 1 atom stereocenters. The van der Waals surface area contributed by atoms with Gasteiger partial charge in [0.2, 0.25) is 0 Å². The van der Waals surface area contributed by atoms with Crippen molar-refractivity contribution in [3.63, 3.8) is 0 Å². The van der Waals surface area contributed by atoms with E-state index in [1.165, 1.54) is 19.4 Å². The Bertz CT molecular complexity index is 449. The number of anilines is 1. The van der Waals surface area contributed by atoms with E-state index in [9.17, 15) is 0 Å². The zero-order valence-corrected chi connectivity index (χ0v) is 13.7. The summed E-state index contributed by atoms with van der Waals surface area (Å²) in [5.74, 6) is 1.30. The first-order valence-electron chi connectivity index (χ1n) is 7.50. The lowest BCUT2D eigenvalue weighted by atomic mass is 10.1. The average Bonchev–Trinajstić information content (AvgIpc) is 2.85. The predicted octanol–water partition coefficient (Wildman–Crippen LogP) is 3.17. The third kappa shape index (κ3) is 3.23. The molecule has 2 rings (SSSR count). The summed E-state index contributed by atoms with van der Waals surface area (Å²) in [5.41, 5.74) is 1.05. The summed E-state index contributed by atoms with van der Waals surface area (Å²) >= 11 is 6.25. The highest BCUT2D eigenvalue weighted by Gasteiger charge is 2.26. The van der Waals surface area contributed by atoms with E-state index < -0.39 is 0 Å². The van der Waals surface area contributed by atoms with Crippen LogP contribution in [0.1, 0.15) is 45.1 Å². The summed E-state index contributed by atoms with van der Waals surface area (Å²) < 4.78 is 0. The minimum atomic E-state index is 0.326. The number of aromatic nitrogens is 2. The number of likely N-dealkylation sites (tertiary alicyclic amines) is 1. The van der Waals surface area contributed by atoms with Crippen molar-refractivity contribution in [2.75, 3.05) is 31.6 Å². The number of hydrogen-bond acceptors (Lipinski definition) is 4. The highest BCUT2D eigenvalue weighted by atomic mass is 35.5. The smallest absolute Gasteiger partial charge is 0.138 e. The molecule has 1 aromatic rings. The van der Waals surface area contributed by atoms with E-state index in [-0.39, 0.29) is 0 Å². The lowest BCUT2D eigenvalue weighted by molar-refractivity contribution is 0.270. The second-order valence-corrected chi connectivity index (χ2v) is 6.22. The Kier molecular flexibility index (Phi) is 5.22. The third-order valence-corrected chi connectivity index (χ3v) is 4.44. The maximum absolute atomic E-state index is 6.25. The van der Waals surface area contributed by atoms with Gasteiger partial charge in [-0.15, -0.1) is 0 Å². The minimum absolute atomic E-state index is 0.326. The monoisotopic (exact) mass is 296 g/mol. The molecule has 20 heavy (non-hydrogen) atoms. The number of rotatable bonds is 5. The summed E-state index contributed by atoms with van der Waals surface area (Å²) in [6, 6.07) is 0.624. The van der Waals surface area contributed by atoms with Gasteiger partial charge in [0.25, 0.3) is 0 Å². The van der Waals surface area contributed by atoms with E-state index in [0.29, 0.717) is 17.1 Å². The molecule has 1 fully saturated rings. The molecule has 0 bridgehead atoms. The van der Waals surface area contributed by atoms with Crippen molar-refractivity contribution in [2.45, 2.75) is 45.6 Å². The van der Waals surface area contributed by atoms with Crippen molar-refractivity contribution in [2.24, 2.45) is 0 Å². The van der Waals surface area contributed by atoms with Gasteiger partial charge in [-0.25, -0.2) is 9.97 Å². The fourth-order valence-corrected chi connectivity index (χ4v) is 3.43. The minimum Gasteiger partial charge on any atom is -0.358 e. The normalized spacial score (nSPS) is 19.8. The Morgan fingerprint density at radius 2 is 2.20 bits per heavy atom. The van der Waals surface area contributed by atoms with Crippen molar-refractivity contribution in [1.82, 2.24) is 14.9 Å². The quantitative estimate of drug-likeness (QED) is 0.781. The zero-order valence-electron chi connectivity index (χ0n) is 12.9. The number of hydrogen-bond donors (Lipinski definition) is 0. The Balaban J connectivity index is 2.17. The van der Waals surface area contributed by atoms with Gasteiger partial charge >= 0.3 is 0 Å². The second kappa shape index (κ2) is 6.72. The molecule has 4 nitrogen and oxygen atoms in total. The van der Waals surface area contributed by atoms with Crippen LogP contribution < -0.4 is 4.90 Å². The van der Waals surface area contributed by atoms with Crippen LogP contribution in [0.3, 0.4) is 0 Å². The number of likely N-dealkylation sites (N-methyl/N-ethyl adjacent to an activating group) is 2. The molecule has 1 aliphatic rings. The second-order valence-electron chi connectivity index (χ2n) is 5.86. The number of halogens is 1. The van der Waals surface area contributed by atoms with Crippen molar-refractivity contribution >= 4 is 17.4 Å². The molecule has 1 unspecified atom stereocenters. The Labute approximate surface area is 127 Å². The molecule has 0 radical (unpaired) electrons. The van der Waals surface area contributed by atoms with Crippen LogP contribution >= 0.6 is 11.6 Å². The molecule has 0 aromatic carbocycles. The summed E-state index contributed by atoms with van der Waals surface area (Å²) in [4.78, 5) is 13.4. The van der Waals surface area contributed by atoms with E-state index in [2.05, 4.69) is 47.6 Å². The number of nitrogens with zero attached hydrogens (tertiary/aromatic N) is 4. The molecule has 1 aliphatic heterocycles. The van der Waals surface area contributed by atoms with E-state index in [1.54, 1.807) is 6.33 Å². The van der Waals surface area contributed by atoms with E-state index in [0.717, 1.165) is 24.5 Å². The van der Waals surface area contributed by atoms with Gasteiger partial charge in [-0.1, -0.05) is 32.4 Å². The fourth-order valence-electron chi connectivity index (χ4n) is 3.09. The molecule has 112 valence electrons. The molecular formula is C15H25ClN4. The first kappa shape index (κ1) is 15.5. The first-order valence-corrected chi connectivity index (χ1v) is 7.88. The molecular weight excluding hydrogens is 272 g/mol. The van der Waals surface area contributed by atoms with Crippen LogP contribution in [0.15, 0.2) is 6.33 Å². The van der Waals surface area contributed by atoms with Gasteiger partial charge in [-0.2, -0.15) is 0 Å². The van der Waals surface area contributed by atoms with Crippen LogP contribution in [0.4, 0.5) is 5.82 Å². The highest BCUT2D eigenvalue weighted by molar-refractivity contribution is 6.30. The lowest BCUT2D eigenvalue weighted by Crippen LogP contribution is -2.39. The van der Waals surface area contributed by atoms with Crippen LogP contribution in [0.5, 0.6) is 0 Å². The Morgan fingerprint density at radius 3 is 2.85 bits per heavy atom. The van der Waals surface area contributed by atoms with Crippen LogP contribution in [-0.2, 0) is 0 Å². The summed E-state index contributed by atoms with van der Waals surface area (Å²) in [7, 11) is 2.11. The van der Waals surface area contributed by atoms with Gasteiger partial charge in [0.1, 0.15) is 17.3 Å². The maximum Gasteiger partial charge on any atom is 0.138 e. The molecule has 0 spiro atoms. The molecule has 1 aromatic heterocycles. The van der Waals surface area contributed by atoms with Gasteiger partial charge in [0.15, 0.2) is 0 Å². The molecule has 0 N–H and O–H groups in total. The predicted molar refractivity (Wildman–Crippen MR) is 84.7 cm³/mol. The van der Waals surface area contributed by atoms with Gasteiger partial charge in [-0.3, -0.25) is 4.90 Å². The van der Waals surface area contributed by atoms with Crippen molar-refractivity contribution in [1.29, 1.82) is 0 Å². The van der Waals surface area contributed by atoms with Crippen LogP contribution in [-0.4, -0.2) is 47.6 Å². The van der Waals surface area contributed by atoms with Crippen LogP contribution in [0.25, 0.3) is 0 Å². The molecule has 0 saturated carbocycles. The van der Waals surface area contributed by atoms with Crippen LogP contribution in [0, 0.1) is 0 Å². The first-order chi connectivity index (χ1) is 9.54. The molecule has 0 aliphatic carbocycles. The highest BCUT2D eigenvalue weighted by Crippen LogP contribution is 2.30. The maximum atomic E-state index is 6.25. The van der Waals surface area contributed by atoms with E-state index >= 15 is 0 Å². The van der Waals surface area contributed by atoms with Gasteiger partial charge in [0.05, 0.1) is 0 Å². The van der Waals surface area contributed by atoms with Gasteiger partial charge in [-0.05, 0) is 31.8 Å². The van der Waals surface area contributed by atoms with Crippen molar-refractivity contribution < 1.29 is 0 Å². The van der Waals surface area contributed by atoms with E-state index in [4.69, 9.17) is 11.6 Å². The van der Waals surface area contributed by atoms with Crippen molar-refractivity contribution in [3.05, 3.63) is 17.0 Å². The molecule has 1 saturated heterocycles. The Hall–Kier alpha value is -0.870. The summed E-state index contributed by atoms with van der Waals surface area (Å²) in [6.45, 7) is 9.85. The fraction of sp³-hybridized carbons (Fsp3) is 0.733. The van der Waals surface area contributed by atoms with Crippen molar-refractivity contribution in [3.8, 4) is 0 Å². The third-order valence-electron chi connectivity index (χ3n) is 4.14. The van der Waals surface area contributed by atoms with Gasteiger partial charge < -0.3 is 4.90 Å². The summed E-state index contributed by atoms with van der Waals surface area (Å²) in [6.07, 6.45) is 4.13. The van der Waals surface area contributed by atoms with E-state index in [1.807, 2.05) is 0 Å². The summed E-state index contributed by atoms with van der Waals surface area (Å²) in [5, 5.41) is 0.579. The lowest BCUT2D eigenvalue weighted by Gasteiger charge is -2.30. The standard InChI is InChI=1S/C15H25ClN4/c1-5-20-8-6-7-12(20)9-19(4)15-13(11(2)3)14(16)17-10-18-15/h10-12H,5-9H2,1-4H3. The molecule has 0 amide bonds. The molecule has 5 heteroatoms. The topological polar surface area (TPSA) is 32.3 Å². The average molecular weight is 297 g/mol. The van der Waals surface area contributed by atoms with Crippen LogP contribution in [0.2, 0.25) is 5.15 Å². The molecule has 2 heterocycles. The zero-order chi connectivity index (χ0) is 14.7. The largest absolute Gasteiger partial charge is 0.358 e. The SMILES string of the molecule is CCN1CCCC1CN(C)c1ncnc(Cl)c1C(C)C.